The summed E-state index contributed by atoms with van der Waals surface area (Å²) in [6.45, 7) is 2.79. The summed E-state index contributed by atoms with van der Waals surface area (Å²) in [6, 6.07) is 8.44. The van der Waals surface area contributed by atoms with E-state index in [0.717, 1.165) is 24.7 Å². The van der Waals surface area contributed by atoms with Crippen molar-refractivity contribution in [3.05, 3.63) is 29.3 Å². The minimum atomic E-state index is -0.00822. The van der Waals surface area contributed by atoms with E-state index in [1.54, 1.807) is 12.1 Å². The highest BCUT2D eigenvalue weighted by Gasteiger charge is 2.31. The first kappa shape index (κ1) is 14.8. The Balaban J connectivity index is 1.43. The van der Waals surface area contributed by atoms with Crippen molar-refractivity contribution in [1.29, 1.82) is 0 Å². The summed E-state index contributed by atoms with van der Waals surface area (Å²) >= 11 is 5.91. The summed E-state index contributed by atoms with van der Waals surface area (Å²) in [7, 11) is 0. The lowest BCUT2D eigenvalue weighted by molar-refractivity contribution is -0.115. The summed E-state index contributed by atoms with van der Waals surface area (Å²) in [6.07, 6.45) is 4.95. The number of amides is 1. The molecule has 0 aromatic heterocycles. The maximum atomic E-state index is 12.0. The summed E-state index contributed by atoms with van der Waals surface area (Å²) in [5, 5.41) is 6.90. The number of halogens is 1. The van der Waals surface area contributed by atoms with E-state index in [-0.39, 0.29) is 5.91 Å². The number of nitrogens with zero attached hydrogens (tertiary/aromatic N) is 1. The zero-order chi connectivity index (χ0) is 14.7. The fraction of sp³-hybridized carbons (Fsp3) is 0.562. The number of anilines is 1. The summed E-state index contributed by atoms with van der Waals surface area (Å²) < 4.78 is 0. The van der Waals surface area contributed by atoms with E-state index in [0.29, 0.717) is 17.6 Å². The average molecular weight is 308 g/mol. The zero-order valence-corrected chi connectivity index (χ0v) is 12.9. The Kier molecular flexibility index (Phi) is 4.78. The highest BCUT2D eigenvalue weighted by molar-refractivity contribution is 6.30. The van der Waals surface area contributed by atoms with E-state index in [1.807, 2.05) is 12.1 Å². The molecule has 1 amide bonds. The topological polar surface area (TPSA) is 44.4 Å². The number of hydrogen-bond donors (Lipinski definition) is 2. The molecule has 2 unspecified atom stereocenters. The van der Waals surface area contributed by atoms with Crippen molar-refractivity contribution >= 4 is 23.2 Å². The molecule has 2 saturated heterocycles. The SMILES string of the molecule is O=C(CNC1CCN2CCCC2C1)Nc1cccc(Cl)c1. The van der Waals surface area contributed by atoms with Crippen LogP contribution in [-0.4, -0.2) is 42.5 Å². The molecule has 2 aliphatic heterocycles. The molecule has 3 rings (SSSR count). The van der Waals surface area contributed by atoms with E-state index >= 15 is 0 Å². The van der Waals surface area contributed by atoms with Gasteiger partial charge in [-0.25, -0.2) is 0 Å². The maximum absolute atomic E-state index is 12.0. The Bertz CT molecular complexity index is 508. The van der Waals surface area contributed by atoms with Crippen LogP contribution in [0.3, 0.4) is 0 Å². The molecule has 2 aliphatic rings. The van der Waals surface area contributed by atoms with Gasteiger partial charge in [-0.2, -0.15) is 0 Å². The van der Waals surface area contributed by atoms with Gasteiger partial charge in [-0.05, 0) is 57.0 Å². The quantitative estimate of drug-likeness (QED) is 0.898. The Hall–Kier alpha value is -1.10. The Labute approximate surface area is 130 Å². The second-order valence-corrected chi connectivity index (χ2v) is 6.43. The summed E-state index contributed by atoms with van der Waals surface area (Å²) in [4.78, 5) is 14.6. The van der Waals surface area contributed by atoms with Gasteiger partial charge in [0.05, 0.1) is 6.54 Å². The molecule has 4 nitrogen and oxygen atoms in total. The lowest BCUT2D eigenvalue weighted by atomic mass is 9.97. The van der Waals surface area contributed by atoms with E-state index in [2.05, 4.69) is 15.5 Å². The van der Waals surface area contributed by atoms with E-state index < -0.39 is 0 Å². The molecule has 0 saturated carbocycles. The summed E-state index contributed by atoms with van der Waals surface area (Å²) in [5.41, 5.74) is 0.750. The van der Waals surface area contributed by atoms with Gasteiger partial charge in [0.15, 0.2) is 0 Å². The molecule has 2 atom stereocenters. The van der Waals surface area contributed by atoms with Crippen molar-refractivity contribution in [2.24, 2.45) is 0 Å². The third-order valence-corrected chi connectivity index (χ3v) is 4.72. The predicted molar refractivity (Wildman–Crippen MR) is 85.7 cm³/mol. The normalized spacial score (nSPS) is 25.6. The Morgan fingerprint density at radius 1 is 1.33 bits per heavy atom. The van der Waals surface area contributed by atoms with Crippen LogP contribution < -0.4 is 10.6 Å². The number of benzene rings is 1. The van der Waals surface area contributed by atoms with Crippen LogP contribution in [0.5, 0.6) is 0 Å². The molecule has 2 heterocycles. The smallest absolute Gasteiger partial charge is 0.238 e. The average Bonchev–Trinajstić information content (AvgIpc) is 2.92. The Morgan fingerprint density at radius 2 is 2.24 bits per heavy atom. The molecule has 1 aromatic rings. The van der Waals surface area contributed by atoms with Crippen molar-refractivity contribution in [2.45, 2.75) is 37.8 Å². The molecule has 0 spiro atoms. The highest BCUT2D eigenvalue weighted by atomic mass is 35.5. The van der Waals surface area contributed by atoms with E-state index in [1.165, 1.54) is 25.8 Å². The van der Waals surface area contributed by atoms with Gasteiger partial charge >= 0.3 is 0 Å². The molecule has 0 bridgehead atoms. The number of hydrogen-bond acceptors (Lipinski definition) is 3. The van der Waals surface area contributed by atoms with Gasteiger partial charge in [0, 0.05) is 22.8 Å². The largest absolute Gasteiger partial charge is 0.325 e. The fourth-order valence-corrected chi connectivity index (χ4v) is 3.61. The lowest BCUT2D eigenvalue weighted by Crippen LogP contribution is -2.47. The molecule has 5 heteroatoms. The minimum Gasteiger partial charge on any atom is -0.325 e. The van der Waals surface area contributed by atoms with Gasteiger partial charge < -0.3 is 15.5 Å². The predicted octanol–water partition coefficient (Wildman–Crippen LogP) is 2.49. The molecule has 0 radical (unpaired) electrons. The van der Waals surface area contributed by atoms with Crippen LogP contribution in [0.25, 0.3) is 0 Å². The van der Waals surface area contributed by atoms with Crippen LogP contribution in [0, 0.1) is 0 Å². The first-order chi connectivity index (χ1) is 10.2. The van der Waals surface area contributed by atoms with Crippen molar-refractivity contribution in [3.63, 3.8) is 0 Å². The van der Waals surface area contributed by atoms with Gasteiger partial charge in [-0.3, -0.25) is 4.79 Å². The van der Waals surface area contributed by atoms with Crippen molar-refractivity contribution < 1.29 is 4.79 Å². The molecule has 2 fully saturated rings. The fourth-order valence-electron chi connectivity index (χ4n) is 3.42. The molecule has 0 aliphatic carbocycles. The number of rotatable bonds is 4. The van der Waals surface area contributed by atoms with Gasteiger partial charge in [-0.15, -0.1) is 0 Å². The van der Waals surface area contributed by atoms with Crippen LogP contribution in [0.15, 0.2) is 24.3 Å². The molecular weight excluding hydrogens is 286 g/mol. The van der Waals surface area contributed by atoms with Gasteiger partial charge in [0.2, 0.25) is 5.91 Å². The number of piperidine rings is 1. The third-order valence-electron chi connectivity index (χ3n) is 4.48. The second kappa shape index (κ2) is 6.77. The van der Waals surface area contributed by atoms with E-state index in [9.17, 15) is 4.79 Å². The molecule has 21 heavy (non-hydrogen) atoms. The van der Waals surface area contributed by atoms with Gasteiger partial charge in [-0.1, -0.05) is 17.7 Å². The molecule has 2 N–H and O–H groups in total. The Morgan fingerprint density at radius 3 is 3.10 bits per heavy atom. The lowest BCUT2D eigenvalue weighted by Gasteiger charge is -2.35. The monoisotopic (exact) mass is 307 g/mol. The van der Waals surface area contributed by atoms with Crippen molar-refractivity contribution in [1.82, 2.24) is 10.2 Å². The molecular formula is C16H22ClN3O. The second-order valence-electron chi connectivity index (χ2n) is 5.99. The number of carbonyl (C=O) groups is 1. The maximum Gasteiger partial charge on any atom is 0.238 e. The first-order valence-corrected chi connectivity index (χ1v) is 8.11. The van der Waals surface area contributed by atoms with Gasteiger partial charge in [0.25, 0.3) is 0 Å². The van der Waals surface area contributed by atoms with Gasteiger partial charge in [0.1, 0.15) is 0 Å². The third kappa shape index (κ3) is 3.96. The number of nitrogens with one attached hydrogen (secondary N) is 2. The zero-order valence-electron chi connectivity index (χ0n) is 12.1. The number of fused-ring (bicyclic) bond motifs is 1. The summed E-state index contributed by atoms with van der Waals surface area (Å²) in [5.74, 6) is -0.00822. The van der Waals surface area contributed by atoms with Crippen LogP contribution in [0.4, 0.5) is 5.69 Å². The molecule has 1 aromatic carbocycles. The first-order valence-electron chi connectivity index (χ1n) is 7.73. The minimum absolute atomic E-state index is 0.00822. The van der Waals surface area contributed by atoms with Crippen molar-refractivity contribution in [2.75, 3.05) is 25.0 Å². The standard InChI is InChI=1S/C16H22ClN3O/c17-12-3-1-4-14(9-12)19-16(21)11-18-13-6-8-20-7-2-5-15(20)10-13/h1,3-4,9,13,15,18H,2,5-8,10-11H2,(H,19,21). The van der Waals surface area contributed by atoms with Crippen LogP contribution in [0.2, 0.25) is 5.02 Å². The van der Waals surface area contributed by atoms with Crippen LogP contribution in [0.1, 0.15) is 25.7 Å². The van der Waals surface area contributed by atoms with Crippen molar-refractivity contribution in [3.8, 4) is 0 Å². The van der Waals surface area contributed by atoms with Crippen LogP contribution in [-0.2, 0) is 4.79 Å². The van der Waals surface area contributed by atoms with Crippen LogP contribution >= 0.6 is 11.6 Å². The van der Waals surface area contributed by atoms with E-state index in [4.69, 9.17) is 11.6 Å². The molecule has 114 valence electrons. The number of carbonyl (C=O) groups excluding carboxylic acids is 1. The highest BCUT2D eigenvalue weighted by Crippen LogP contribution is 2.26.